The highest BCUT2D eigenvalue weighted by molar-refractivity contribution is 7.89. The molecule has 108 valence electrons. The van der Waals surface area contributed by atoms with Crippen LogP contribution in [0, 0.1) is 5.92 Å². The first-order valence-corrected chi connectivity index (χ1v) is 8.05. The van der Waals surface area contributed by atoms with E-state index in [1.807, 2.05) is 6.92 Å². The molecule has 1 aliphatic rings. The number of aryl methyl sites for hydroxylation is 1. The zero-order chi connectivity index (χ0) is 13.9. The Kier molecular flexibility index (Phi) is 4.59. The molecule has 0 bridgehead atoms. The van der Waals surface area contributed by atoms with E-state index < -0.39 is 10.0 Å². The number of nitrogens with zero attached hydrogens (tertiary/aromatic N) is 2. The molecule has 1 N–H and O–H groups in total. The van der Waals surface area contributed by atoms with E-state index in [-0.39, 0.29) is 5.03 Å². The minimum Gasteiger partial charge on any atom is -0.384 e. The number of imidazole rings is 1. The Morgan fingerprint density at radius 3 is 2.68 bits per heavy atom. The number of hydrogen-bond donors (Lipinski definition) is 1. The first-order valence-electron chi connectivity index (χ1n) is 6.61. The lowest BCUT2D eigenvalue weighted by Crippen LogP contribution is -2.39. The third-order valence-corrected chi connectivity index (χ3v) is 5.34. The van der Waals surface area contributed by atoms with Gasteiger partial charge in [-0.2, -0.15) is 4.31 Å². The maximum Gasteiger partial charge on any atom is 0.260 e. The summed E-state index contributed by atoms with van der Waals surface area (Å²) in [6.45, 7) is 3.75. The lowest BCUT2D eigenvalue weighted by Gasteiger charge is -2.30. The summed E-state index contributed by atoms with van der Waals surface area (Å²) in [5, 5.41) is 0.203. The molecule has 7 heteroatoms. The largest absolute Gasteiger partial charge is 0.384 e. The van der Waals surface area contributed by atoms with Crippen molar-refractivity contribution in [3.63, 3.8) is 0 Å². The van der Waals surface area contributed by atoms with Crippen molar-refractivity contribution in [2.75, 3.05) is 26.8 Å². The molecule has 2 heterocycles. The minimum atomic E-state index is -3.42. The normalized spacial score (nSPS) is 18.8. The molecule has 2 rings (SSSR count). The van der Waals surface area contributed by atoms with Crippen LogP contribution in [-0.2, 0) is 21.2 Å². The highest BCUT2D eigenvalue weighted by Gasteiger charge is 2.30. The Hall–Kier alpha value is -0.920. The Balaban J connectivity index is 2.05. The van der Waals surface area contributed by atoms with Crippen LogP contribution in [0.3, 0.4) is 0 Å². The van der Waals surface area contributed by atoms with Gasteiger partial charge in [0.25, 0.3) is 10.0 Å². The van der Waals surface area contributed by atoms with Gasteiger partial charge in [-0.1, -0.05) is 6.92 Å². The summed E-state index contributed by atoms with van der Waals surface area (Å²) in [7, 11) is -1.73. The highest BCUT2D eigenvalue weighted by Crippen LogP contribution is 2.23. The molecular formula is C12H21N3O3S. The number of ether oxygens (including phenoxy) is 1. The third-order valence-electron chi connectivity index (χ3n) is 3.53. The van der Waals surface area contributed by atoms with E-state index in [1.54, 1.807) is 7.11 Å². The number of aromatic amines is 1. The van der Waals surface area contributed by atoms with Crippen molar-refractivity contribution in [1.82, 2.24) is 14.3 Å². The predicted octanol–water partition coefficient (Wildman–Crippen LogP) is 1.02. The van der Waals surface area contributed by atoms with Crippen molar-refractivity contribution in [2.24, 2.45) is 5.92 Å². The van der Waals surface area contributed by atoms with E-state index in [1.165, 1.54) is 10.5 Å². The van der Waals surface area contributed by atoms with Crippen molar-refractivity contribution >= 4 is 10.0 Å². The third kappa shape index (κ3) is 3.16. The number of H-pyrrole nitrogens is 1. The van der Waals surface area contributed by atoms with Crippen LogP contribution in [0.2, 0.25) is 0 Å². The van der Waals surface area contributed by atoms with Gasteiger partial charge >= 0.3 is 0 Å². The van der Waals surface area contributed by atoms with Crippen LogP contribution in [0.15, 0.2) is 11.2 Å². The van der Waals surface area contributed by atoms with Crippen molar-refractivity contribution in [3.05, 3.63) is 12.0 Å². The van der Waals surface area contributed by atoms with Crippen molar-refractivity contribution in [1.29, 1.82) is 0 Å². The molecule has 1 aromatic heterocycles. The molecule has 0 aliphatic carbocycles. The average Bonchev–Trinajstić information content (AvgIpc) is 2.89. The molecule has 1 aliphatic heterocycles. The molecule has 6 nitrogen and oxygen atoms in total. The van der Waals surface area contributed by atoms with Crippen LogP contribution in [0.25, 0.3) is 0 Å². The molecule has 0 spiro atoms. The van der Waals surface area contributed by atoms with E-state index in [4.69, 9.17) is 4.74 Å². The fraction of sp³-hybridized carbons (Fsp3) is 0.750. The van der Waals surface area contributed by atoms with Crippen LogP contribution in [-0.4, -0.2) is 49.5 Å². The summed E-state index contributed by atoms with van der Waals surface area (Å²) in [5.41, 5.74) is 0. The molecule has 0 aromatic carbocycles. The summed E-state index contributed by atoms with van der Waals surface area (Å²) < 4.78 is 31.5. The smallest absolute Gasteiger partial charge is 0.260 e. The van der Waals surface area contributed by atoms with E-state index in [0.29, 0.717) is 37.9 Å². The Morgan fingerprint density at radius 1 is 1.47 bits per heavy atom. The van der Waals surface area contributed by atoms with Crippen molar-refractivity contribution < 1.29 is 13.2 Å². The van der Waals surface area contributed by atoms with Crippen molar-refractivity contribution in [2.45, 2.75) is 31.2 Å². The second kappa shape index (κ2) is 6.02. The Morgan fingerprint density at radius 2 is 2.16 bits per heavy atom. The standard InChI is InChI=1S/C12H21N3O3S/c1-3-11-13-8-12(14-11)19(16,17)15-6-4-10(5-7-15)9-18-2/h8,10H,3-7,9H2,1-2H3,(H,13,14). The number of piperidine rings is 1. The number of rotatable bonds is 5. The lowest BCUT2D eigenvalue weighted by atomic mass is 9.99. The zero-order valence-corrected chi connectivity index (χ0v) is 12.2. The molecule has 0 radical (unpaired) electrons. The fourth-order valence-electron chi connectivity index (χ4n) is 2.35. The fourth-order valence-corrected chi connectivity index (χ4v) is 3.75. The summed E-state index contributed by atoms with van der Waals surface area (Å²) in [6, 6.07) is 0. The second-order valence-electron chi connectivity index (χ2n) is 4.85. The van der Waals surface area contributed by atoms with Crippen LogP contribution in [0.5, 0.6) is 0 Å². The molecule has 19 heavy (non-hydrogen) atoms. The number of sulfonamides is 1. The first kappa shape index (κ1) is 14.5. The number of nitrogens with one attached hydrogen (secondary N) is 1. The Bertz CT molecular complexity index is 504. The van der Waals surface area contributed by atoms with Gasteiger partial charge in [-0.25, -0.2) is 13.4 Å². The van der Waals surface area contributed by atoms with Gasteiger partial charge in [0.2, 0.25) is 0 Å². The number of aromatic nitrogens is 2. The van der Waals surface area contributed by atoms with E-state index in [9.17, 15) is 8.42 Å². The second-order valence-corrected chi connectivity index (χ2v) is 6.76. The van der Waals surface area contributed by atoms with Gasteiger partial charge in [0.1, 0.15) is 5.82 Å². The van der Waals surface area contributed by atoms with Gasteiger partial charge in [0, 0.05) is 33.2 Å². The lowest BCUT2D eigenvalue weighted by molar-refractivity contribution is 0.121. The Labute approximate surface area is 114 Å². The van der Waals surface area contributed by atoms with E-state index in [0.717, 1.165) is 12.8 Å². The molecule has 0 atom stereocenters. The molecule has 1 saturated heterocycles. The summed E-state index contributed by atoms with van der Waals surface area (Å²) >= 11 is 0. The quantitative estimate of drug-likeness (QED) is 0.877. The van der Waals surface area contributed by atoms with E-state index in [2.05, 4.69) is 9.97 Å². The number of methoxy groups -OCH3 is 1. The van der Waals surface area contributed by atoms with Gasteiger partial charge in [-0.05, 0) is 18.8 Å². The molecule has 0 saturated carbocycles. The maximum atomic E-state index is 12.4. The molecule has 1 fully saturated rings. The van der Waals surface area contributed by atoms with Gasteiger partial charge in [0.05, 0.1) is 6.20 Å². The maximum absolute atomic E-state index is 12.4. The summed E-state index contributed by atoms with van der Waals surface area (Å²) in [5.74, 6) is 1.16. The van der Waals surface area contributed by atoms with Crippen LogP contribution < -0.4 is 0 Å². The van der Waals surface area contributed by atoms with Crippen LogP contribution in [0.1, 0.15) is 25.6 Å². The van der Waals surface area contributed by atoms with Gasteiger partial charge < -0.3 is 9.72 Å². The molecule has 1 aromatic rings. The molecule has 0 unspecified atom stereocenters. The molecule has 0 amide bonds. The summed E-state index contributed by atoms with van der Waals surface area (Å²) in [4.78, 5) is 6.93. The van der Waals surface area contributed by atoms with Crippen molar-refractivity contribution in [3.8, 4) is 0 Å². The highest BCUT2D eigenvalue weighted by atomic mass is 32.2. The van der Waals surface area contributed by atoms with Crippen LogP contribution in [0.4, 0.5) is 0 Å². The van der Waals surface area contributed by atoms with Gasteiger partial charge in [-0.15, -0.1) is 0 Å². The van der Waals surface area contributed by atoms with Gasteiger partial charge in [-0.3, -0.25) is 0 Å². The summed E-state index contributed by atoms with van der Waals surface area (Å²) in [6.07, 6.45) is 3.81. The van der Waals surface area contributed by atoms with Crippen LogP contribution >= 0.6 is 0 Å². The monoisotopic (exact) mass is 287 g/mol. The topological polar surface area (TPSA) is 75.3 Å². The SMILES string of the molecule is CCc1ncc(S(=O)(=O)N2CCC(COC)CC2)[nH]1. The molecular weight excluding hydrogens is 266 g/mol. The van der Waals surface area contributed by atoms with E-state index >= 15 is 0 Å². The minimum absolute atomic E-state index is 0.203. The average molecular weight is 287 g/mol. The zero-order valence-electron chi connectivity index (χ0n) is 11.4. The number of hydrogen-bond acceptors (Lipinski definition) is 4. The van der Waals surface area contributed by atoms with Gasteiger partial charge in [0.15, 0.2) is 5.03 Å². The predicted molar refractivity (Wildman–Crippen MR) is 71.3 cm³/mol. The first-order chi connectivity index (χ1) is 9.07.